The quantitative estimate of drug-likeness (QED) is 0.854. The highest BCUT2D eigenvalue weighted by Gasteiger charge is 2.28. The van der Waals surface area contributed by atoms with E-state index in [0.29, 0.717) is 11.8 Å². The molecule has 1 nitrogen and oxygen atoms in total. The van der Waals surface area contributed by atoms with Gasteiger partial charge in [-0.1, -0.05) is 54.6 Å². The highest BCUT2D eigenvalue weighted by Crippen LogP contribution is 2.38. The summed E-state index contributed by atoms with van der Waals surface area (Å²) in [6.45, 7) is 4.45. The van der Waals surface area contributed by atoms with Crippen LogP contribution in [0.25, 0.3) is 0 Å². The second-order valence-corrected chi connectivity index (χ2v) is 5.47. The van der Waals surface area contributed by atoms with E-state index in [2.05, 4.69) is 66.8 Å². The van der Waals surface area contributed by atoms with Crippen LogP contribution in [0.4, 0.5) is 0 Å². The number of piperidine rings is 1. The minimum absolute atomic E-state index is 0.594. The molecule has 2 aromatic rings. The third-order valence-corrected chi connectivity index (χ3v) is 4.30. The molecule has 0 aromatic heterocycles. The monoisotopic (exact) mass is 251 g/mol. The van der Waals surface area contributed by atoms with Crippen LogP contribution in [-0.4, -0.2) is 13.1 Å². The molecule has 0 saturated carbocycles. The third-order valence-electron chi connectivity index (χ3n) is 4.30. The zero-order chi connectivity index (χ0) is 13.1. The number of nitrogens with one attached hydrogen (secondary N) is 1. The molecule has 0 spiro atoms. The molecule has 2 aromatic carbocycles. The Balaban J connectivity index is 1.96. The molecule has 1 fully saturated rings. The maximum atomic E-state index is 3.55. The predicted molar refractivity (Wildman–Crippen MR) is 80.6 cm³/mol. The van der Waals surface area contributed by atoms with E-state index >= 15 is 0 Å². The van der Waals surface area contributed by atoms with Crippen molar-refractivity contribution in [3.63, 3.8) is 0 Å². The van der Waals surface area contributed by atoms with Crippen LogP contribution in [0.2, 0.25) is 0 Å². The van der Waals surface area contributed by atoms with Crippen LogP contribution >= 0.6 is 0 Å². The van der Waals surface area contributed by atoms with Crippen molar-refractivity contribution in [1.29, 1.82) is 0 Å². The summed E-state index contributed by atoms with van der Waals surface area (Å²) in [6.07, 6.45) is 1.23. The van der Waals surface area contributed by atoms with Gasteiger partial charge in [-0.15, -0.1) is 0 Å². The fourth-order valence-electron chi connectivity index (χ4n) is 3.28. The standard InChI is InChI=1S/C18H21N/c1-14-7-5-6-10-16(14)17-11-12-19-13-18(17)15-8-3-2-4-9-15/h2-10,17-19H,11-13H2,1H3. The highest BCUT2D eigenvalue weighted by molar-refractivity contribution is 5.34. The van der Waals surface area contributed by atoms with E-state index in [-0.39, 0.29) is 0 Å². The first-order valence-corrected chi connectivity index (χ1v) is 7.17. The van der Waals surface area contributed by atoms with Crippen molar-refractivity contribution in [2.24, 2.45) is 0 Å². The van der Waals surface area contributed by atoms with E-state index in [1.807, 2.05) is 0 Å². The first-order valence-electron chi connectivity index (χ1n) is 7.17. The van der Waals surface area contributed by atoms with Crippen molar-refractivity contribution >= 4 is 0 Å². The van der Waals surface area contributed by atoms with Gasteiger partial charge in [-0.3, -0.25) is 0 Å². The molecule has 19 heavy (non-hydrogen) atoms. The van der Waals surface area contributed by atoms with Gasteiger partial charge in [0.05, 0.1) is 0 Å². The van der Waals surface area contributed by atoms with Crippen LogP contribution in [0.15, 0.2) is 54.6 Å². The van der Waals surface area contributed by atoms with Gasteiger partial charge in [0.1, 0.15) is 0 Å². The molecule has 1 heterocycles. The topological polar surface area (TPSA) is 12.0 Å². The van der Waals surface area contributed by atoms with Gasteiger partial charge in [-0.25, -0.2) is 0 Å². The second kappa shape index (κ2) is 5.58. The first kappa shape index (κ1) is 12.4. The molecule has 1 N–H and O–H groups in total. The summed E-state index contributed by atoms with van der Waals surface area (Å²) in [5.41, 5.74) is 4.41. The van der Waals surface area contributed by atoms with E-state index in [0.717, 1.165) is 13.1 Å². The SMILES string of the molecule is Cc1ccccc1C1CCNCC1c1ccccc1. The number of benzene rings is 2. The molecular formula is C18H21N. The summed E-state index contributed by atoms with van der Waals surface area (Å²) in [4.78, 5) is 0. The average molecular weight is 251 g/mol. The molecule has 0 bridgehead atoms. The van der Waals surface area contributed by atoms with Crippen molar-refractivity contribution in [2.75, 3.05) is 13.1 Å². The lowest BCUT2D eigenvalue weighted by Gasteiger charge is -2.34. The van der Waals surface area contributed by atoms with Crippen molar-refractivity contribution < 1.29 is 0 Å². The minimum Gasteiger partial charge on any atom is -0.316 e. The summed E-state index contributed by atoms with van der Waals surface area (Å²) in [7, 11) is 0. The number of hydrogen-bond acceptors (Lipinski definition) is 1. The van der Waals surface area contributed by atoms with Gasteiger partial charge >= 0.3 is 0 Å². The van der Waals surface area contributed by atoms with Crippen molar-refractivity contribution in [1.82, 2.24) is 5.32 Å². The first-order chi connectivity index (χ1) is 9.36. The van der Waals surface area contributed by atoms with E-state index in [9.17, 15) is 0 Å². The van der Waals surface area contributed by atoms with E-state index in [4.69, 9.17) is 0 Å². The van der Waals surface area contributed by atoms with Crippen LogP contribution in [0, 0.1) is 6.92 Å². The fourth-order valence-corrected chi connectivity index (χ4v) is 3.28. The molecule has 2 atom stereocenters. The molecule has 98 valence electrons. The Hall–Kier alpha value is -1.60. The average Bonchev–Trinajstić information content (AvgIpc) is 2.49. The smallest absolute Gasteiger partial charge is 0.00327 e. The molecule has 3 rings (SSSR count). The minimum atomic E-state index is 0.594. The molecule has 1 aliphatic rings. The lowest BCUT2D eigenvalue weighted by molar-refractivity contribution is 0.403. The van der Waals surface area contributed by atoms with E-state index in [1.54, 1.807) is 0 Å². The summed E-state index contributed by atoms with van der Waals surface area (Å²) in [6, 6.07) is 19.8. The number of rotatable bonds is 2. The Bertz CT molecular complexity index is 532. The summed E-state index contributed by atoms with van der Waals surface area (Å²) >= 11 is 0. The number of aryl methyl sites for hydroxylation is 1. The predicted octanol–water partition coefficient (Wildman–Crippen LogP) is 3.86. The van der Waals surface area contributed by atoms with Gasteiger partial charge < -0.3 is 5.32 Å². The Morgan fingerprint density at radius 3 is 2.42 bits per heavy atom. The Morgan fingerprint density at radius 1 is 0.895 bits per heavy atom. The van der Waals surface area contributed by atoms with Crippen LogP contribution in [-0.2, 0) is 0 Å². The Labute approximate surface area is 115 Å². The lowest BCUT2D eigenvalue weighted by Crippen LogP contribution is -2.34. The maximum absolute atomic E-state index is 3.55. The molecule has 0 radical (unpaired) electrons. The molecule has 0 amide bonds. The number of hydrogen-bond donors (Lipinski definition) is 1. The molecule has 1 heteroatoms. The normalized spacial score (nSPS) is 23.2. The highest BCUT2D eigenvalue weighted by atomic mass is 14.9. The van der Waals surface area contributed by atoms with E-state index in [1.165, 1.54) is 23.1 Å². The molecule has 2 unspecified atom stereocenters. The van der Waals surface area contributed by atoms with Crippen molar-refractivity contribution in [2.45, 2.75) is 25.2 Å². The van der Waals surface area contributed by atoms with Gasteiger partial charge in [0, 0.05) is 12.5 Å². The van der Waals surface area contributed by atoms with E-state index < -0.39 is 0 Å². The summed E-state index contributed by atoms with van der Waals surface area (Å²) in [5, 5.41) is 3.55. The van der Waals surface area contributed by atoms with Gasteiger partial charge in [0.2, 0.25) is 0 Å². The zero-order valence-corrected chi connectivity index (χ0v) is 11.5. The second-order valence-electron chi connectivity index (χ2n) is 5.47. The van der Waals surface area contributed by atoms with Crippen LogP contribution in [0.5, 0.6) is 0 Å². The fraction of sp³-hybridized carbons (Fsp3) is 0.333. The maximum Gasteiger partial charge on any atom is 0.00327 e. The van der Waals surface area contributed by atoms with Crippen LogP contribution < -0.4 is 5.32 Å². The van der Waals surface area contributed by atoms with Crippen molar-refractivity contribution in [3.05, 3.63) is 71.3 Å². The molecule has 1 aliphatic heterocycles. The third kappa shape index (κ3) is 2.57. The summed E-state index contributed by atoms with van der Waals surface area (Å²) in [5.74, 6) is 1.24. The molecule has 0 aliphatic carbocycles. The Morgan fingerprint density at radius 2 is 1.63 bits per heavy atom. The lowest BCUT2D eigenvalue weighted by atomic mass is 9.76. The van der Waals surface area contributed by atoms with Gasteiger partial charge in [0.15, 0.2) is 0 Å². The molecular weight excluding hydrogens is 230 g/mol. The van der Waals surface area contributed by atoms with Gasteiger partial charge in [-0.2, -0.15) is 0 Å². The summed E-state index contributed by atoms with van der Waals surface area (Å²) < 4.78 is 0. The van der Waals surface area contributed by atoms with Gasteiger partial charge in [-0.05, 0) is 42.5 Å². The van der Waals surface area contributed by atoms with Crippen LogP contribution in [0.1, 0.15) is 34.9 Å². The zero-order valence-electron chi connectivity index (χ0n) is 11.5. The van der Waals surface area contributed by atoms with Gasteiger partial charge in [0.25, 0.3) is 0 Å². The Kier molecular flexibility index (Phi) is 3.65. The largest absolute Gasteiger partial charge is 0.316 e. The molecule has 1 saturated heterocycles. The van der Waals surface area contributed by atoms with Crippen LogP contribution in [0.3, 0.4) is 0 Å². The van der Waals surface area contributed by atoms with Crippen molar-refractivity contribution in [3.8, 4) is 0 Å².